The number of benzene rings is 2. The molecule has 1 fully saturated rings. The van der Waals surface area contributed by atoms with Crippen LogP contribution < -0.4 is 5.32 Å². The standard InChI is InChI=1S/C23H26N4O2/c28-22(24-15-19-7-3-1-4-8-19)17-27-13-11-26(12-14-27)16-21-18-29-23(25-21)20-9-5-2-6-10-20/h1-10,18H,11-17H2,(H,24,28). The number of nitrogens with one attached hydrogen (secondary N) is 1. The summed E-state index contributed by atoms with van der Waals surface area (Å²) in [6, 6.07) is 19.9. The molecule has 0 radical (unpaired) electrons. The molecule has 0 aliphatic carbocycles. The Bertz CT molecular complexity index is 903. The van der Waals surface area contributed by atoms with Crippen LogP contribution in [0.15, 0.2) is 71.3 Å². The summed E-state index contributed by atoms with van der Waals surface area (Å²) in [7, 11) is 0. The Kier molecular flexibility index (Phi) is 6.34. The molecule has 6 nitrogen and oxygen atoms in total. The van der Waals surface area contributed by atoms with Gasteiger partial charge in [-0.25, -0.2) is 4.98 Å². The van der Waals surface area contributed by atoms with Gasteiger partial charge in [-0.2, -0.15) is 0 Å². The molecule has 29 heavy (non-hydrogen) atoms. The average molecular weight is 390 g/mol. The highest BCUT2D eigenvalue weighted by Crippen LogP contribution is 2.19. The van der Waals surface area contributed by atoms with Crippen LogP contribution in [-0.4, -0.2) is 53.4 Å². The fourth-order valence-electron chi connectivity index (χ4n) is 3.48. The smallest absolute Gasteiger partial charge is 0.234 e. The summed E-state index contributed by atoms with van der Waals surface area (Å²) in [6.07, 6.45) is 1.74. The van der Waals surface area contributed by atoms with Gasteiger partial charge in [-0.3, -0.25) is 14.6 Å². The molecular formula is C23H26N4O2. The Labute approximate surface area is 171 Å². The van der Waals surface area contributed by atoms with Crippen molar-refractivity contribution < 1.29 is 9.21 Å². The van der Waals surface area contributed by atoms with E-state index in [-0.39, 0.29) is 5.91 Å². The Balaban J connectivity index is 1.20. The average Bonchev–Trinajstić information content (AvgIpc) is 3.24. The van der Waals surface area contributed by atoms with Crippen molar-refractivity contribution in [1.29, 1.82) is 0 Å². The van der Waals surface area contributed by atoms with E-state index in [0.29, 0.717) is 19.0 Å². The van der Waals surface area contributed by atoms with Crippen LogP contribution >= 0.6 is 0 Å². The topological polar surface area (TPSA) is 61.6 Å². The number of nitrogens with zero attached hydrogens (tertiary/aromatic N) is 3. The summed E-state index contributed by atoms with van der Waals surface area (Å²) in [5.41, 5.74) is 3.05. The van der Waals surface area contributed by atoms with Crippen molar-refractivity contribution in [1.82, 2.24) is 20.1 Å². The summed E-state index contributed by atoms with van der Waals surface area (Å²) in [6.45, 7) is 5.38. The van der Waals surface area contributed by atoms with Crippen LogP contribution in [0.1, 0.15) is 11.3 Å². The van der Waals surface area contributed by atoms with E-state index in [1.54, 1.807) is 6.26 Å². The highest BCUT2D eigenvalue weighted by molar-refractivity contribution is 5.78. The van der Waals surface area contributed by atoms with Crippen molar-refractivity contribution in [2.75, 3.05) is 32.7 Å². The van der Waals surface area contributed by atoms with Gasteiger partial charge in [0.2, 0.25) is 11.8 Å². The zero-order valence-electron chi connectivity index (χ0n) is 16.5. The number of oxazole rings is 1. The summed E-state index contributed by atoms with van der Waals surface area (Å²) < 4.78 is 5.63. The fraction of sp³-hybridized carbons (Fsp3) is 0.304. The number of aromatic nitrogens is 1. The maximum Gasteiger partial charge on any atom is 0.234 e. The lowest BCUT2D eigenvalue weighted by atomic mass is 10.2. The van der Waals surface area contributed by atoms with Crippen LogP contribution in [0.3, 0.4) is 0 Å². The molecular weight excluding hydrogens is 364 g/mol. The van der Waals surface area contributed by atoms with Gasteiger partial charge in [-0.1, -0.05) is 48.5 Å². The molecule has 6 heteroatoms. The van der Waals surface area contributed by atoms with E-state index in [1.165, 1.54) is 0 Å². The first-order valence-corrected chi connectivity index (χ1v) is 10.0. The lowest BCUT2D eigenvalue weighted by Crippen LogP contribution is -2.49. The van der Waals surface area contributed by atoms with Crippen LogP contribution in [0.2, 0.25) is 0 Å². The van der Waals surface area contributed by atoms with Crippen molar-refractivity contribution >= 4 is 5.91 Å². The monoisotopic (exact) mass is 390 g/mol. The molecule has 1 amide bonds. The van der Waals surface area contributed by atoms with Crippen molar-refractivity contribution in [2.24, 2.45) is 0 Å². The third kappa shape index (κ3) is 5.53. The van der Waals surface area contributed by atoms with Crippen molar-refractivity contribution in [2.45, 2.75) is 13.1 Å². The molecule has 0 atom stereocenters. The highest BCUT2D eigenvalue weighted by Gasteiger charge is 2.20. The van der Waals surface area contributed by atoms with Crippen molar-refractivity contribution in [3.63, 3.8) is 0 Å². The van der Waals surface area contributed by atoms with Crippen LogP contribution in [0.5, 0.6) is 0 Å². The zero-order valence-corrected chi connectivity index (χ0v) is 16.5. The normalized spacial score (nSPS) is 15.3. The van der Waals surface area contributed by atoms with E-state index in [2.05, 4.69) is 20.1 Å². The van der Waals surface area contributed by atoms with Gasteiger partial charge in [-0.05, 0) is 17.7 Å². The van der Waals surface area contributed by atoms with Gasteiger partial charge in [0.15, 0.2) is 0 Å². The van der Waals surface area contributed by atoms with E-state index >= 15 is 0 Å². The molecule has 1 N–H and O–H groups in total. The summed E-state index contributed by atoms with van der Waals surface area (Å²) in [5, 5.41) is 3.00. The lowest BCUT2D eigenvalue weighted by molar-refractivity contribution is -0.122. The minimum Gasteiger partial charge on any atom is -0.444 e. The Morgan fingerprint density at radius 3 is 2.31 bits per heavy atom. The minimum absolute atomic E-state index is 0.0753. The van der Waals surface area contributed by atoms with Crippen LogP contribution in [0.4, 0.5) is 0 Å². The van der Waals surface area contributed by atoms with Gasteiger partial charge in [0.1, 0.15) is 6.26 Å². The Hall–Kier alpha value is -2.96. The molecule has 3 aromatic rings. The van der Waals surface area contributed by atoms with Gasteiger partial charge in [-0.15, -0.1) is 0 Å². The molecule has 1 saturated heterocycles. The van der Waals surface area contributed by atoms with E-state index in [0.717, 1.165) is 49.5 Å². The number of hydrogen-bond acceptors (Lipinski definition) is 5. The number of hydrogen-bond donors (Lipinski definition) is 1. The predicted octanol–water partition coefficient (Wildman–Crippen LogP) is 2.78. The largest absolute Gasteiger partial charge is 0.444 e. The fourth-order valence-corrected chi connectivity index (χ4v) is 3.48. The predicted molar refractivity (Wildman–Crippen MR) is 112 cm³/mol. The summed E-state index contributed by atoms with van der Waals surface area (Å²) in [5.74, 6) is 0.737. The van der Waals surface area contributed by atoms with E-state index in [4.69, 9.17) is 4.42 Å². The van der Waals surface area contributed by atoms with Crippen LogP contribution in [-0.2, 0) is 17.9 Å². The van der Waals surface area contributed by atoms with Gasteiger partial charge in [0, 0.05) is 44.8 Å². The quantitative estimate of drug-likeness (QED) is 0.672. The van der Waals surface area contributed by atoms with E-state index in [9.17, 15) is 4.79 Å². The molecule has 4 rings (SSSR count). The van der Waals surface area contributed by atoms with Crippen LogP contribution in [0.25, 0.3) is 11.5 Å². The van der Waals surface area contributed by atoms with Crippen molar-refractivity contribution in [3.8, 4) is 11.5 Å². The first-order chi connectivity index (χ1) is 14.3. The lowest BCUT2D eigenvalue weighted by Gasteiger charge is -2.33. The second-order valence-electron chi connectivity index (χ2n) is 7.32. The molecule has 0 saturated carbocycles. The summed E-state index contributed by atoms with van der Waals surface area (Å²) in [4.78, 5) is 21.4. The first-order valence-electron chi connectivity index (χ1n) is 10.0. The second kappa shape index (κ2) is 9.49. The molecule has 0 bridgehead atoms. The minimum atomic E-state index is 0.0753. The van der Waals surface area contributed by atoms with Gasteiger partial charge >= 0.3 is 0 Å². The Morgan fingerprint density at radius 2 is 1.59 bits per heavy atom. The number of carbonyl (C=O) groups excluding carboxylic acids is 1. The number of amides is 1. The molecule has 0 unspecified atom stereocenters. The van der Waals surface area contributed by atoms with E-state index < -0.39 is 0 Å². The third-order valence-corrected chi connectivity index (χ3v) is 5.12. The summed E-state index contributed by atoms with van der Waals surface area (Å²) >= 11 is 0. The molecule has 1 aliphatic heterocycles. The molecule has 1 aliphatic rings. The maximum atomic E-state index is 12.2. The van der Waals surface area contributed by atoms with Gasteiger partial charge < -0.3 is 9.73 Å². The van der Waals surface area contributed by atoms with Gasteiger partial charge in [0.05, 0.1) is 12.2 Å². The third-order valence-electron chi connectivity index (χ3n) is 5.12. The first kappa shape index (κ1) is 19.4. The second-order valence-corrected chi connectivity index (χ2v) is 7.32. The Morgan fingerprint density at radius 1 is 0.931 bits per heavy atom. The SMILES string of the molecule is O=C(CN1CCN(Cc2coc(-c3ccccc3)n2)CC1)NCc1ccccc1. The molecule has 2 aromatic carbocycles. The molecule has 0 spiro atoms. The number of rotatable bonds is 7. The molecule has 150 valence electrons. The molecule has 1 aromatic heterocycles. The van der Waals surface area contributed by atoms with E-state index in [1.807, 2.05) is 60.7 Å². The number of piperazine rings is 1. The van der Waals surface area contributed by atoms with Crippen LogP contribution in [0, 0.1) is 0 Å². The van der Waals surface area contributed by atoms with Crippen molar-refractivity contribution in [3.05, 3.63) is 78.2 Å². The highest BCUT2D eigenvalue weighted by atomic mass is 16.3. The van der Waals surface area contributed by atoms with Gasteiger partial charge in [0.25, 0.3) is 0 Å². The zero-order chi connectivity index (χ0) is 19.9. The molecule has 2 heterocycles. The maximum absolute atomic E-state index is 12.2. The number of carbonyl (C=O) groups is 1.